The zero-order valence-corrected chi connectivity index (χ0v) is 13.8. The molecule has 4 rings (SSSR count). The standard InChI is InChI=1S/C21H16N4/c1-15-19(18-11-5-6-13-23-18)20(17-10-7-12-22-14-17)21(25-24-15)16-8-3-2-4-9-16/h2-14H,1H3. The number of hydrogen-bond donors (Lipinski definition) is 0. The molecule has 0 aliphatic carbocycles. The third-order valence-electron chi connectivity index (χ3n) is 4.07. The molecule has 0 saturated heterocycles. The second-order valence-corrected chi connectivity index (χ2v) is 5.71. The highest BCUT2D eigenvalue weighted by Gasteiger charge is 2.19. The van der Waals surface area contributed by atoms with Crippen LogP contribution in [0.3, 0.4) is 0 Å². The molecule has 25 heavy (non-hydrogen) atoms. The number of rotatable bonds is 3. The van der Waals surface area contributed by atoms with Crippen molar-refractivity contribution >= 4 is 0 Å². The zero-order valence-electron chi connectivity index (χ0n) is 13.8. The molecule has 0 amide bonds. The van der Waals surface area contributed by atoms with E-state index in [0.717, 1.165) is 39.3 Å². The molecular weight excluding hydrogens is 308 g/mol. The highest BCUT2D eigenvalue weighted by molar-refractivity contribution is 5.92. The molecule has 1 aromatic carbocycles. The Morgan fingerprint density at radius 1 is 0.680 bits per heavy atom. The molecule has 0 fully saturated rings. The molecule has 0 unspecified atom stereocenters. The summed E-state index contributed by atoms with van der Waals surface area (Å²) in [7, 11) is 0. The third kappa shape index (κ3) is 2.90. The molecule has 0 bridgehead atoms. The van der Waals surface area contributed by atoms with Crippen molar-refractivity contribution in [2.45, 2.75) is 6.92 Å². The molecule has 3 heterocycles. The minimum absolute atomic E-state index is 0.833. The molecule has 0 spiro atoms. The fourth-order valence-electron chi connectivity index (χ4n) is 2.94. The number of aromatic nitrogens is 4. The van der Waals surface area contributed by atoms with Crippen LogP contribution in [0.15, 0.2) is 79.3 Å². The first kappa shape index (κ1) is 15.1. The van der Waals surface area contributed by atoms with Crippen LogP contribution in [0.4, 0.5) is 0 Å². The van der Waals surface area contributed by atoms with Crippen LogP contribution in [0.2, 0.25) is 0 Å². The molecule has 120 valence electrons. The van der Waals surface area contributed by atoms with E-state index in [9.17, 15) is 0 Å². The Morgan fingerprint density at radius 3 is 2.20 bits per heavy atom. The Labute approximate surface area is 146 Å². The number of pyridine rings is 2. The second-order valence-electron chi connectivity index (χ2n) is 5.71. The summed E-state index contributed by atoms with van der Waals surface area (Å²) in [5.41, 5.74) is 6.57. The maximum absolute atomic E-state index is 4.54. The first-order valence-corrected chi connectivity index (χ1v) is 8.09. The van der Waals surface area contributed by atoms with E-state index in [0.29, 0.717) is 0 Å². The minimum Gasteiger partial charge on any atom is -0.264 e. The average Bonchev–Trinajstić information content (AvgIpc) is 2.70. The Balaban J connectivity index is 2.08. The monoisotopic (exact) mass is 324 g/mol. The lowest BCUT2D eigenvalue weighted by atomic mass is 9.93. The summed E-state index contributed by atoms with van der Waals surface area (Å²) in [5, 5.41) is 8.91. The van der Waals surface area contributed by atoms with Gasteiger partial charge in [0.05, 0.1) is 11.4 Å². The van der Waals surface area contributed by atoms with E-state index in [2.05, 4.69) is 20.2 Å². The van der Waals surface area contributed by atoms with Gasteiger partial charge in [-0.2, -0.15) is 5.10 Å². The topological polar surface area (TPSA) is 51.6 Å². The molecule has 0 N–H and O–H groups in total. The van der Waals surface area contributed by atoms with Gasteiger partial charge in [0.25, 0.3) is 0 Å². The van der Waals surface area contributed by atoms with E-state index in [1.54, 1.807) is 12.4 Å². The lowest BCUT2D eigenvalue weighted by Crippen LogP contribution is -2.01. The van der Waals surface area contributed by atoms with Crippen molar-refractivity contribution in [1.29, 1.82) is 0 Å². The lowest BCUT2D eigenvalue weighted by molar-refractivity contribution is 0.988. The predicted molar refractivity (Wildman–Crippen MR) is 98.7 cm³/mol. The van der Waals surface area contributed by atoms with Crippen LogP contribution in [-0.2, 0) is 0 Å². The number of aryl methyl sites for hydroxylation is 1. The van der Waals surface area contributed by atoms with Crippen molar-refractivity contribution in [3.05, 3.63) is 84.9 Å². The summed E-state index contributed by atoms with van der Waals surface area (Å²) in [6, 6.07) is 20.0. The fraction of sp³-hybridized carbons (Fsp3) is 0.0476. The zero-order chi connectivity index (χ0) is 17.1. The largest absolute Gasteiger partial charge is 0.264 e. The quantitative estimate of drug-likeness (QED) is 0.553. The lowest BCUT2D eigenvalue weighted by Gasteiger charge is -2.15. The molecule has 0 aliphatic heterocycles. The van der Waals surface area contributed by atoms with Crippen molar-refractivity contribution in [3.8, 4) is 33.6 Å². The van der Waals surface area contributed by atoms with Crippen LogP contribution in [0, 0.1) is 6.92 Å². The van der Waals surface area contributed by atoms with Gasteiger partial charge in [-0.25, -0.2) is 0 Å². The van der Waals surface area contributed by atoms with Gasteiger partial charge in [-0.05, 0) is 25.1 Å². The number of nitrogens with zero attached hydrogens (tertiary/aromatic N) is 4. The van der Waals surface area contributed by atoms with E-state index in [4.69, 9.17) is 0 Å². The highest BCUT2D eigenvalue weighted by atomic mass is 15.1. The summed E-state index contributed by atoms with van der Waals surface area (Å²) in [5.74, 6) is 0. The van der Waals surface area contributed by atoms with Crippen LogP contribution >= 0.6 is 0 Å². The Kier molecular flexibility index (Phi) is 4.01. The average molecular weight is 324 g/mol. The number of benzene rings is 1. The van der Waals surface area contributed by atoms with Crippen molar-refractivity contribution in [1.82, 2.24) is 20.2 Å². The van der Waals surface area contributed by atoms with E-state index in [1.165, 1.54) is 0 Å². The maximum atomic E-state index is 4.54. The van der Waals surface area contributed by atoms with Crippen LogP contribution in [-0.4, -0.2) is 20.2 Å². The molecular formula is C21H16N4. The smallest absolute Gasteiger partial charge is 0.102 e. The molecule has 3 aromatic heterocycles. The summed E-state index contributed by atoms with van der Waals surface area (Å²) in [6.45, 7) is 1.96. The Morgan fingerprint density at radius 2 is 1.48 bits per heavy atom. The van der Waals surface area contributed by atoms with Crippen LogP contribution in [0.1, 0.15) is 5.69 Å². The molecule has 0 atom stereocenters. The van der Waals surface area contributed by atoms with Gasteiger partial charge < -0.3 is 0 Å². The Bertz CT molecular complexity index is 984. The molecule has 4 nitrogen and oxygen atoms in total. The number of hydrogen-bond acceptors (Lipinski definition) is 4. The normalized spacial score (nSPS) is 10.6. The van der Waals surface area contributed by atoms with Gasteiger partial charge in [0.15, 0.2) is 0 Å². The van der Waals surface area contributed by atoms with E-state index in [1.807, 2.05) is 73.8 Å². The van der Waals surface area contributed by atoms with E-state index >= 15 is 0 Å². The van der Waals surface area contributed by atoms with Crippen LogP contribution in [0.25, 0.3) is 33.6 Å². The predicted octanol–water partition coefficient (Wildman–Crippen LogP) is 4.58. The molecule has 4 aromatic rings. The van der Waals surface area contributed by atoms with Crippen molar-refractivity contribution in [2.24, 2.45) is 0 Å². The van der Waals surface area contributed by atoms with Crippen LogP contribution in [0.5, 0.6) is 0 Å². The Hall–Kier alpha value is -3.40. The molecule has 0 radical (unpaired) electrons. The van der Waals surface area contributed by atoms with Gasteiger partial charge in [0, 0.05) is 40.8 Å². The second kappa shape index (κ2) is 6.61. The van der Waals surface area contributed by atoms with Gasteiger partial charge >= 0.3 is 0 Å². The minimum atomic E-state index is 0.833. The van der Waals surface area contributed by atoms with Gasteiger partial charge in [0.2, 0.25) is 0 Å². The fourth-order valence-corrected chi connectivity index (χ4v) is 2.94. The van der Waals surface area contributed by atoms with Crippen LogP contribution < -0.4 is 0 Å². The van der Waals surface area contributed by atoms with E-state index < -0.39 is 0 Å². The third-order valence-corrected chi connectivity index (χ3v) is 4.07. The van der Waals surface area contributed by atoms with Gasteiger partial charge in [-0.15, -0.1) is 5.10 Å². The van der Waals surface area contributed by atoms with E-state index in [-0.39, 0.29) is 0 Å². The molecule has 4 heteroatoms. The van der Waals surface area contributed by atoms with Gasteiger partial charge in [-0.1, -0.05) is 42.5 Å². The molecule has 0 saturated carbocycles. The van der Waals surface area contributed by atoms with Crippen molar-refractivity contribution in [2.75, 3.05) is 0 Å². The first-order chi connectivity index (χ1) is 12.3. The molecule has 0 aliphatic rings. The van der Waals surface area contributed by atoms with Crippen molar-refractivity contribution in [3.63, 3.8) is 0 Å². The summed E-state index contributed by atoms with van der Waals surface area (Å²) >= 11 is 0. The van der Waals surface area contributed by atoms with Gasteiger partial charge in [0.1, 0.15) is 5.69 Å². The summed E-state index contributed by atoms with van der Waals surface area (Å²) in [4.78, 5) is 8.83. The highest BCUT2D eigenvalue weighted by Crippen LogP contribution is 2.38. The van der Waals surface area contributed by atoms with Crippen molar-refractivity contribution < 1.29 is 0 Å². The summed E-state index contributed by atoms with van der Waals surface area (Å²) < 4.78 is 0. The first-order valence-electron chi connectivity index (χ1n) is 8.09. The maximum Gasteiger partial charge on any atom is 0.102 e. The van der Waals surface area contributed by atoms with Gasteiger partial charge in [-0.3, -0.25) is 9.97 Å². The SMILES string of the molecule is Cc1nnc(-c2ccccc2)c(-c2cccnc2)c1-c1ccccn1. The summed E-state index contributed by atoms with van der Waals surface area (Å²) in [6.07, 6.45) is 5.42.